The summed E-state index contributed by atoms with van der Waals surface area (Å²) in [7, 11) is 0. The van der Waals surface area contributed by atoms with Crippen LogP contribution >= 0.6 is 0 Å². The third-order valence-corrected chi connectivity index (χ3v) is 7.87. The van der Waals surface area contributed by atoms with Gasteiger partial charge in [-0.25, -0.2) is 0 Å². The molecule has 0 unspecified atom stereocenters. The van der Waals surface area contributed by atoms with Gasteiger partial charge in [0.05, 0.1) is 23.3 Å². The molecule has 210 valence electrons. The average Bonchev–Trinajstić information content (AvgIpc) is 3.65. The van der Waals surface area contributed by atoms with E-state index >= 15 is 0 Å². The van der Waals surface area contributed by atoms with Crippen LogP contribution in [0.15, 0.2) is 174 Å². The Hall–Kier alpha value is -5.92. The predicted octanol–water partition coefficient (Wildman–Crippen LogP) is 12.6. The molecular weight excluding hydrogens is 544 g/mol. The van der Waals surface area contributed by atoms with Crippen molar-refractivity contribution in [2.24, 2.45) is 0 Å². The van der Waals surface area contributed by atoms with Crippen LogP contribution in [-0.4, -0.2) is 0 Å². The molecule has 0 bridgehead atoms. The van der Waals surface area contributed by atoms with Gasteiger partial charge in [0.2, 0.25) is 0 Å². The highest BCUT2D eigenvalue weighted by Crippen LogP contribution is 2.45. The van der Waals surface area contributed by atoms with Crippen molar-refractivity contribution in [3.8, 4) is 44.5 Å². The van der Waals surface area contributed by atoms with Crippen molar-refractivity contribution in [1.29, 1.82) is 0 Å². The lowest BCUT2D eigenvalue weighted by Gasteiger charge is -2.18. The maximum atomic E-state index is 9.87. The molecule has 8 aromatic carbocycles. The van der Waals surface area contributed by atoms with E-state index in [0.717, 1.165) is 11.1 Å². The van der Waals surface area contributed by atoms with Gasteiger partial charge in [-0.1, -0.05) is 145 Å². The predicted molar refractivity (Wildman–Crippen MR) is 190 cm³/mol. The lowest BCUT2D eigenvalue weighted by atomic mass is 9.85. The highest BCUT2D eigenvalue weighted by Gasteiger charge is 2.18. The zero-order chi connectivity index (χ0) is 44.5. The van der Waals surface area contributed by atoms with Crippen LogP contribution in [0, 0.1) is 0 Å². The molecule has 0 aliphatic carbocycles. The second-order valence-electron chi connectivity index (χ2n) is 10.4. The normalized spacial score (nSPS) is 16.8. The molecule has 0 N–H and O–H groups in total. The summed E-state index contributed by atoms with van der Waals surface area (Å²) < 4.78 is 159. The standard InChI is InChI=1S/C44H28O/c1-3-13-29(14-4-1)31-25-26-39-41(28-31)45-40-24-12-23-34(44(39)40)32-17-11-18-33(27-32)43-37-21-9-7-19-35(37)42(30-15-5-2-6-16-30)36-20-8-10-22-38(36)43/h1-28H/i2D,5D,6D,7D,8D,9D,10D,11D,15D,16D,17D,18D,19D,20D,21D,22D,27D. The second kappa shape index (κ2) is 10.4. The van der Waals surface area contributed by atoms with Gasteiger partial charge in [-0.2, -0.15) is 0 Å². The first kappa shape index (κ1) is 13.8. The third-order valence-electron chi connectivity index (χ3n) is 7.87. The van der Waals surface area contributed by atoms with Crippen LogP contribution < -0.4 is 0 Å². The molecule has 0 fully saturated rings. The van der Waals surface area contributed by atoms with Crippen molar-refractivity contribution in [2.75, 3.05) is 0 Å². The Labute approximate surface area is 285 Å². The van der Waals surface area contributed by atoms with Crippen molar-refractivity contribution in [1.82, 2.24) is 0 Å². The number of fused-ring (bicyclic) bond motifs is 5. The second-order valence-corrected chi connectivity index (χ2v) is 10.4. The number of furan rings is 1. The van der Waals surface area contributed by atoms with E-state index in [9.17, 15) is 9.60 Å². The molecule has 1 nitrogen and oxygen atoms in total. The molecule has 45 heavy (non-hydrogen) atoms. The SMILES string of the molecule is [2H]c1c([2H])c([2H])c(-c2c3c([2H])c([2H])c([2H])c([2H])c3c(-c3c([2H])c([2H])c([2H])c(-c4cccc5oc6cc(-c7ccccc7)ccc6c45)c3[2H])c3c([2H])c([2H])c([2H])c([2H])c23)c([2H])c1[2H]. The van der Waals surface area contributed by atoms with Crippen LogP contribution in [0.5, 0.6) is 0 Å². The Balaban J connectivity index is 1.50. The molecule has 0 radical (unpaired) electrons. The van der Waals surface area contributed by atoms with E-state index in [1.54, 1.807) is 18.2 Å². The molecular formula is C44H28O. The molecule has 9 aromatic rings. The highest BCUT2D eigenvalue weighted by molar-refractivity contribution is 6.21. The van der Waals surface area contributed by atoms with E-state index in [1.165, 1.54) is 0 Å². The van der Waals surface area contributed by atoms with E-state index in [4.69, 9.17) is 18.1 Å². The summed E-state index contributed by atoms with van der Waals surface area (Å²) in [4.78, 5) is 0. The molecule has 0 amide bonds. The molecule has 0 spiro atoms. The molecule has 0 aliphatic rings. The first-order chi connectivity index (χ1) is 29.4. The minimum absolute atomic E-state index is 0.181. The van der Waals surface area contributed by atoms with Gasteiger partial charge in [0.25, 0.3) is 0 Å². The van der Waals surface area contributed by atoms with E-state index in [-0.39, 0.29) is 11.1 Å². The Morgan fingerprint density at radius 3 is 1.73 bits per heavy atom. The molecule has 1 aromatic heterocycles. The van der Waals surface area contributed by atoms with E-state index in [2.05, 4.69) is 0 Å². The van der Waals surface area contributed by atoms with Crippen LogP contribution in [0.25, 0.3) is 88.0 Å². The van der Waals surface area contributed by atoms with Gasteiger partial charge >= 0.3 is 0 Å². The Morgan fingerprint density at radius 1 is 0.400 bits per heavy atom. The number of hydrogen-bond donors (Lipinski definition) is 0. The van der Waals surface area contributed by atoms with Crippen molar-refractivity contribution >= 4 is 43.5 Å². The lowest BCUT2D eigenvalue weighted by Crippen LogP contribution is -1.91. The van der Waals surface area contributed by atoms with E-state index in [1.807, 2.05) is 48.5 Å². The fraction of sp³-hybridized carbons (Fsp3) is 0. The summed E-state index contributed by atoms with van der Waals surface area (Å²) in [6, 6.07) is 6.95. The summed E-state index contributed by atoms with van der Waals surface area (Å²) in [6.45, 7) is 0. The molecule has 9 rings (SSSR count). The van der Waals surface area contributed by atoms with Crippen LogP contribution in [0.3, 0.4) is 0 Å². The van der Waals surface area contributed by atoms with Crippen LogP contribution in [-0.2, 0) is 0 Å². The third kappa shape index (κ3) is 4.17. The van der Waals surface area contributed by atoms with Crippen molar-refractivity contribution < 1.29 is 27.7 Å². The highest BCUT2D eigenvalue weighted by atomic mass is 16.3. The Morgan fingerprint density at radius 2 is 1.02 bits per heavy atom. The zero-order valence-electron chi connectivity index (χ0n) is 40.3. The molecule has 0 saturated heterocycles. The quantitative estimate of drug-likeness (QED) is 0.186. The first-order valence-corrected chi connectivity index (χ1v) is 14.1. The largest absolute Gasteiger partial charge is 0.456 e. The van der Waals surface area contributed by atoms with Gasteiger partial charge in [0, 0.05) is 10.8 Å². The minimum atomic E-state index is -0.822. The minimum Gasteiger partial charge on any atom is -0.456 e. The van der Waals surface area contributed by atoms with Crippen molar-refractivity contribution in [3.63, 3.8) is 0 Å². The molecule has 0 saturated carbocycles. The Bertz CT molecular complexity index is 3380. The van der Waals surface area contributed by atoms with Gasteiger partial charge in [-0.05, 0) is 90.3 Å². The molecule has 0 aliphatic heterocycles. The summed E-state index contributed by atoms with van der Waals surface area (Å²) >= 11 is 0. The maximum Gasteiger partial charge on any atom is 0.136 e. The molecule has 0 atom stereocenters. The smallest absolute Gasteiger partial charge is 0.136 e. The zero-order valence-corrected chi connectivity index (χ0v) is 23.3. The summed E-state index contributed by atoms with van der Waals surface area (Å²) in [5, 5.41) is -0.967. The van der Waals surface area contributed by atoms with Gasteiger partial charge in [-0.3, -0.25) is 0 Å². The summed E-state index contributed by atoms with van der Waals surface area (Å²) in [6.07, 6.45) is 0. The van der Waals surface area contributed by atoms with E-state index < -0.39 is 147 Å². The first-order valence-electron chi connectivity index (χ1n) is 22.6. The van der Waals surface area contributed by atoms with Crippen molar-refractivity contribution in [3.05, 3.63) is 169 Å². The Kier molecular flexibility index (Phi) is 3.18. The number of rotatable bonds is 4. The lowest BCUT2D eigenvalue weighted by molar-refractivity contribution is 0.669. The van der Waals surface area contributed by atoms with Gasteiger partial charge in [0.1, 0.15) is 11.2 Å². The van der Waals surface area contributed by atoms with Gasteiger partial charge in [-0.15, -0.1) is 0 Å². The topological polar surface area (TPSA) is 13.1 Å². The summed E-state index contributed by atoms with van der Waals surface area (Å²) in [5.74, 6) is 0. The summed E-state index contributed by atoms with van der Waals surface area (Å²) in [5.41, 5.74) is 0.596. The average molecular weight is 590 g/mol. The number of benzene rings is 8. The maximum absolute atomic E-state index is 9.87. The van der Waals surface area contributed by atoms with Gasteiger partial charge < -0.3 is 4.42 Å². The number of hydrogen-bond acceptors (Lipinski definition) is 1. The van der Waals surface area contributed by atoms with Crippen LogP contribution in [0.2, 0.25) is 0 Å². The van der Waals surface area contributed by atoms with Crippen molar-refractivity contribution in [2.45, 2.75) is 0 Å². The molecule has 1 heteroatoms. The fourth-order valence-corrected chi connectivity index (χ4v) is 5.95. The van der Waals surface area contributed by atoms with Gasteiger partial charge in [0.15, 0.2) is 0 Å². The fourth-order valence-electron chi connectivity index (χ4n) is 5.95. The molecule has 1 heterocycles. The van der Waals surface area contributed by atoms with Crippen LogP contribution in [0.4, 0.5) is 0 Å². The van der Waals surface area contributed by atoms with E-state index in [0.29, 0.717) is 21.9 Å². The monoisotopic (exact) mass is 589 g/mol. The van der Waals surface area contributed by atoms with Crippen LogP contribution in [0.1, 0.15) is 23.3 Å².